The highest BCUT2D eigenvalue weighted by Crippen LogP contribution is 2.33. The van der Waals surface area contributed by atoms with Crippen molar-refractivity contribution in [3.8, 4) is 0 Å². The van der Waals surface area contributed by atoms with E-state index in [2.05, 4.69) is 21.2 Å². The Morgan fingerprint density at radius 3 is 2.28 bits per heavy atom. The molecule has 0 saturated carbocycles. The lowest BCUT2D eigenvalue weighted by molar-refractivity contribution is -0.137. The van der Waals surface area contributed by atoms with Crippen LogP contribution in [0.4, 0.5) is 13.2 Å². The first kappa shape index (κ1) is 19.6. The van der Waals surface area contributed by atoms with Crippen molar-refractivity contribution in [1.29, 1.82) is 0 Å². The molecule has 2 aromatic rings. The van der Waals surface area contributed by atoms with E-state index >= 15 is 0 Å². The topological polar surface area (TPSA) is 42.2 Å². The lowest BCUT2D eigenvalue weighted by Crippen LogP contribution is -2.37. The molecule has 0 saturated heterocycles. The Labute approximate surface area is 152 Å². The van der Waals surface area contributed by atoms with Crippen molar-refractivity contribution < 1.29 is 22.4 Å². The first-order valence-electron chi connectivity index (χ1n) is 7.65. The molecule has 0 aliphatic carbocycles. The van der Waals surface area contributed by atoms with Crippen molar-refractivity contribution in [2.24, 2.45) is 0 Å². The molecule has 2 rings (SSSR count). The molecule has 1 N–H and O–H groups in total. The van der Waals surface area contributed by atoms with E-state index in [-0.39, 0.29) is 12.5 Å². The van der Waals surface area contributed by atoms with Gasteiger partial charge in [0.2, 0.25) is 0 Å². The van der Waals surface area contributed by atoms with Gasteiger partial charge in [0, 0.05) is 12.0 Å². The number of rotatable bonds is 4. The molecule has 1 aromatic carbocycles. The summed E-state index contributed by atoms with van der Waals surface area (Å²) in [6, 6.07) is 5.16. The number of amides is 1. The number of aryl methyl sites for hydroxylation is 2. The van der Waals surface area contributed by atoms with Gasteiger partial charge in [-0.3, -0.25) is 4.79 Å². The molecule has 0 bridgehead atoms. The lowest BCUT2D eigenvalue weighted by atomic mass is 9.83. The van der Waals surface area contributed by atoms with Gasteiger partial charge in [-0.25, -0.2) is 0 Å². The third-order valence-electron chi connectivity index (χ3n) is 4.08. The van der Waals surface area contributed by atoms with Crippen molar-refractivity contribution in [3.05, 3.63) is 56.9 Å². The van der Waals surface area contributed by atoms with Gasteiger partial charge >= 0.3 is 6.18 Å². The highest BCUT2D eigenvalue weighted by atomic mass is 79.9. The van der Waals surface area contributed by atoms with Gasteiger partial charge in [0.1, 0.15) is 11.5 Å². The molecule has 0 aliphatic rings. The maximum Gasteiger partial charge on any atom is 0.416 e. The number of nitrogens with one attached hydrogen (secondary N) is 1. The molecule has 0 atom stereocenters. The first-order valence-corrected chi connectivity index (χ1v) is 8.44. The third-order valence-corrected chi connectivity index (χ3v) is 5.03. The molecule has 25 heavy (non-hydrogen) atoms. The molecule has 0 aliphatic heterocycles. The number of carbonyl (C=O) groups is 1. The van der Waals surface area contributed by atoms with Crippen molar-refractivity contribution in [2.75, 3.05) is 6.54 Å². The smallest absolute Gasteiger partial charge is 0.416 e. The van der Waals surface area contributed by atoms with Crippen LogP contribution >= 0.6 is 15.9 Å². The molecule has 136 valence electrons. The van der Waals surface area contributed by atoms with E-state index in [0.717, 1.165) is 12.1 Å². The number of alkyl halides is 3. The summed E-state index contributed by atoms with van der Waals surface area (Å²) in [5.41, 5.74) is -0.469. The zero-order valence-corrected chi connectivity index (χ0v) is 15.9. The standard InChI is InChI=1S/C18H19BrF3NO2/c1-10-14(15(19)11(2)25-10)16(24)23-9-17(3,4)12-6-5-7-13(8-12)18(20,21)22/h5-8H,9H2,1-4H3,(H,23,24). The van der Waals surface area contributed by atoms with Crippen LogP contribution in [0.5, 0.6) is 0 Å². The molecular weight excluding hydrogens is 399 g/mol. The minimum atomic E-state index is -4.40. The number of hydrogen-bond acceptors (Lipinski definition) is 2. The van der Waals surface area contributed by atoms with E-state index in [1.54, 1.807) is 33.8 Å². The maximum atomic E-state index is 12.9. The van der Waals surface area contributed by atoms with Crippen LogP contribution in [0, 0.1) is 13.8 Å². The summed E-state index contributed by atoms with van der Waals surface area (Å²) in [5, 5.41) is 2.78. The Hall–Kier alpha value is -1.76. The van der Waals surface area contributed by atoms with Gasteiger partial charge in [0.05, 0.1) is 15.6 Å². The average Bonchev–Trinajstić information content (AvgIpc) is 2.77. The molecular formula is C18H19BrF3NO2. The number of carbonyl (C=O) groups excluding carboxylic acids is 1. The molecule has 7 heteroatoms. The summed E-state index contributed by atoms with van der Waals surface area (Å²) in [5.74, 6) is 0.750. The molecule has 0 unspecified atom stereocenters. The predicted molar refractivity (Wildman–Crippen MR) is 92.7 cm³/mol. The molecule has 0 radical (unpaired) electrons. The number of halogens is 4. The second kappa shape index (κ2) is 6.86. The van der Waals surface area contributed by atoms with Gasteiger partial charge in [0.15, 0.2) is 0 Å². The lowest BCUT2D eigenvalue weighted by Gasteiger charge is -2.26. The second-order valence-corrected chi connectivity index (χ2v) is 7.34. The monoisotopic (exact) mass is 417 g/mol. The number of benzene rings is 1. The largest absolute Gasteiger partial charge is 0.465 e. The summed E-state index contributed by atoms with van der Waals surface area (Å²) < 4.78 is 44.7. The Balaban J connectivity index is 2.18. The summed E-state index contributed by atoms with van der Waals surface area (Å²) in [4.78, 5) is 12.4. The van der Waals surface area contributed by atoms with Crippen LogP contribution < -0.4 is 5.32 Å². The summed E-state index contributed by atoms with van der Waals surface area (Å²) in [7, 11) is 0. The van der Waals surface area contributed by atoms with Crippen molar-refractivity contribution >= 4 is 21.8 Å². The molecule has 3 nitrogen and oxygen atoms in total. The van der Waals surface area contributed by atoms with Crippen LogP contribution in [0.1, 0.15) is 46.9 Å². The van der Waals surface area contributed by atoms with Gasteiger partial charge in [-0.15, -0.1) is 0 Å². The summed E-state index contributed by atoms with van der Waals surface area (Å²) >= 11 is 3.32. The van der Waals surface area contributed by atoms with Crippen molar-refractivity contribution in [1.82, 2.24) is 5.32 Å². The van der Waals surface area contributed by atoms with Gasteiger partial charge in [-0.2, -0.15) is 13.2 Å². The van der Waals surface area contributed by atoms with Gasteiger partial charge < -0.3 is 9.73 Å². The third kappa shape index (κ3) is 4.26. The van der Waals surface area contributed by atoms with E-state index < -0.39 is 17.2 Å². The number of furan rings is 1. The van der Waals surface area contributed by atoms with Crippen LogP contribution in [0.2, 0.25) is 0 Å². The van der Waals surface area contributed by atoms with E-state index in [1.165, 1.54) is 6.07 Å². The molecule has 1 aromatic heterocycles. The van der Waals surface area contributed by atoms with E-state index in [1.807, 2.05) is 0 Å². The highest BCUT2D eigenvalue weighted by Gasteiger charge is 2.32. The minimum Gasteiger partial charge on any atom is -0.465 e. The molecule has 1 heterocycles. The summed E-state index contributed by atoms with van der Waals surface area (Å²) in [6.07, 6.45) is -4.40. The van der Waals surface area contributed by atoms with Gasteiger partial charge in [-0.05, 0) is 41.4 Å². The molecule has 0 fully saturated rings. The molecule has 0 spiro atoms. The minimum absolute atomic E-state index is 0.184. The first-order chi connectivity index (χ1) is 11.4. The predicted octanol–water partition coefficient (Wildman–Crippen LogP) is 5.39. The zero-order chi connectivity index (χ0) is 19.0. The van der Waals surface area contributed by atoms with Crippen LogP contribution in [-0.2, 0) is 11.6 Å². The quantitative estimate of drug-likeness (QED) is 0.724. The fourth-order valence-electron chi connectivity index (χ4n) is 2.52. The number of hydrogen-bond donors (Lipinski definition) is 1. The SMILES string of the molecule is Cc1oc(C)c(C(=O)NCC(C)(C)c2cccc(C(F)(F)F)c2)c1Br. The molecule has 1 amide bonds. The Kier molecular flexibility index (Phi) is 5.37. The van der Waals surface area contributed by atoms with Crippen molar-refractivity contribution in [3.63, 3.8) is 0 Å². The van der Waals surface area contributed by atoms with E-state index in [4.69, 9.17) is 4.42 Å². The van der Waals surface area contributed by atoms with Crippen LogP contribution in [0.3, 0.4) is 0 Å². The second-order valence-electron chi connectivity index (χ2n) is 6.55. The fourth-order valence-corrected chi connectivity index (χ4v) is 3.06. The van der Waals surface area contributed by atoms with Crippen molar-refractivity contribution in [2.45, 2.75) is 39.3 Å². The van der Waals surface area contributed by atoms with E-state index in [9.17, 15) is 18.0 Å². The van der Waals surface area contributed by atoms with Gasteiger partial charge in [-0.1, -0.05) is 32.0 Å². The fraction of sp³-hybridized carbons (Fsp3) is 0.389. The highest BCUT2D eigenvalue weighted by molar-refractivity contribution is 9.10. The Bertz CT molecular complexity index is 794. The summed E-state index contributed by atoms with van der Waals surface area (Å²) in [6.45, 7) is 7.17. The Morgan fingerprint density at radius 2 is 1.76 bits per heavy atom. The van der Waals surface area contributed by atoms with Gasteiger partial charge in [0.25, 0.3) is 5.91 Å². The normalized spacial score (nSPS) is 12.3. The van der Waals surface area contributed by atoms with Crippen LogP contribution in [-0.4, -0.2) is 12.5 Å². The zero-order valence-electron chi connectivity index (χ0n) is 14.3. The van der Waals surface area contributed by atoms with Crippen LogP contribution in [0.15, 0.2) is 33.2 Å². The average molecular weight is 418 g/mol. The Morgan fingerprint density at radius 1 is 1.16 bits per heavy atom. The van der Waals surface area contributed by atoms with Crippen LogP contribution in [0.25, 0.3) is 0 Å². The van der Waals surface area contributed by atoms with E-state index in [0.29, 0.717) is 27.1 Å². The maximum absolute atomic E-state index is 12.9.